The maximum atomic E-state index is 12.4. The van der Waals surface area contributed by atoms with Crippen molar-refractivity contribution in [3.05, 3.63) is 68.7 Å². The maximum Gasteiger partial charge on any atom is 0.343 e. The number of hydrazone groups is 1. The van der Waals surface area contributed by atoms with E-state index in [0.29, 0.717) is 17.2 Å². The summed E-state index contributed by atoms with van der Waals surface area (Å²) in [4.78, 5) is 34.7. The minimum atomic E-state index is -0.773. The van der Waals surface area contributed by atoms with E-state index in [2.05, 4.69) is 20.7 Å². The molecule has 0 atom stereocenters. The Kier molecular flexibility index (Phi) is 7.60. The van der Waals surface area contributed by atoms with Gasteiger partial charge in [-0.05, 0) is 36.8 Å². The zero-order chi connectivity index (χ0) is 23.8. The molecule has 1 aromatic heterocycles. The Morgan fingerprint density at radius 3 is 2.76 bits per heavy atom. The predicted octanol–water partition coefficient (Wildman–Crippen LogP) is 2.34. The van der Waals surface area contributed by atoms with Crippen molar-refractivity contribution in [1.82, 2.24) is 15.6 Å². The van der Waals surface area contributed by atoms with E-state index in [0.717, 1.165) is 17.4 Å². The average molecular weight is 470 g/mol. The van der Waals surface area contributed by atoms with Crippen LogP contribution in [0, 0.1) is 10.1 Å². The standard InChI is InChI=1S/C20H18N6O6S/c1-2-31-16-8-12(11-22-23-17(27)10-18-24-25-20(21)33-18)6-7-15(16)32-19(28)13-4-3-5-14(9-13)26(29)30/h3-9,11H,2,10H2,1H3,(H2,21,25)(H,23,27)/b22-11+. The van der Waals surface area contributed by atoms with Crippen LogP contribution >= 0.6 is 11.3 Å². The number of nitrogen functional groups attached to an aromatic ring is 1. The lowest BCUT2D eigenvalue weighted by Gasteiger charge is -2.11. The van der Waals surface area contributed by atoms with E-state index in [1.165, 1.54) is 30.5 Å². The minimum Gasteiger partial charge on any atom is -0.490 e. The van der Waals surface area contributed by atoms with Crippen LogP contribution < -0.4 is 20.6 Å². The van der Waals surface area contributed by atoms with E-state index in [4.69, 9.17) is 15.2 Å². The number of nitro groups is 1. The van der Waals surface area contributed by atoms with Gasteiger partial charge in [0.1, 0.15) is 5.01 Å². The summed E-state index contributed by atoms with van der Waals surface area (Å²) in [6.07, 6.45) is 1.38. The number of nitro benzene ring substituents is 1. The highest BCUT2D eigenvalue weighted by atomic mass is 32.1. The second-order valence-corrected chi connectivity index (χ2v) is 7.43. The molecular formula is C20H18N6O6S. The third kappa shape index (κ3) is 6.54. The van der Waals surface area contributed by atoms with Crippen LogP contribution in [0.25, 0.3) is 0 Å². The summed E-state index contributed by atoms with van der Waals surface area (Å²) >= 11 is 1.11. The summed E-state index contributed by atoms with van der Waals surface area (Å²) < 4.78 is 10.9. The third-order valence-corrected chi connectivity index (χ3v) is 4.71. The number of non-ortho nitro benzene ring substituents is 1. The minimum absolute atomic E-state index is 0.0110. The Bertz CT molecular complexity index is 1210. The van der Waals surface area contributed by atoms with E-state index in [9.17, 15) is 19.7 Å². The summed E-state index contributed by atoms with van der Waals surface area (Å²) in [7, 11) is 0. The first kappa shape index (κ1) is 23.3. The molecule has 0 bridgehead atoms. The van der Waals surface area contributed by atoms with Gasteiger partial charge in [-0.1, -0.05) is 17.4 Å². The van der Waals surface area contributed by atoms with Crippen molar-refractivity contribution in [2.45, 2.75) is 13.3 Å². The van der Waals surface area contributed by atoms with Crippen molar-refractivity contribution in [3.8, 4) is 11.5 Å². The van der Waals surface area contributed by atoms with Gasteiger partial charge in [-0.3, -0.25) is 14.9 Å². The molecule has 3 rings (SSSR count). The topological polar surface area (TPSA) is 172 Å². The van der Waals surface area contributed by atoms with Crippen molar-refractivity contribution in [2.24, 2.45) is 5.10 Å². The Labute approximate surface area is 191 Å². The molecule has 0 unspecified atom stereocenters. The molecule has 0 saturated carbocycles. The van der Waals surface area contributed by atoms with E-state index < -0.39 is 16.8 Å². The molecule has 3 aromatic rings. The molecule has 0 fully saturated rings. The summed E-state index contributed by atoms with van der Waals surface area (Å²) in [6, 6.07) is 9.87. The number of aromatic nitrogens is 2. The van der Waals surface area contributed by atoms with Crippen molar-refractivity contribution in [3.63, 3.8) is 0 Å². The number of carbonyl (C=O) groups excluding carboxylic acids is 2. The Hall–Kier alpha value is -4.39. The Morgan fingerprint density at radius 2 is 2.06 bits per heavy atom. The van der Waals surface area contributed by atoms with Gasteiger partial charge in [-0.25, -0.2) is 10.2 Å². The molecule has 0 aliphatic heterocycles. The van der Waals surface area contributed by atoms with Gasteiger partial charge in [0.15, 0.2) is 11.5 Å². The monoisotopic (exact) mass is 470 g/mol. The fourth-order valence-corrected chi connectivity index (χ4v) is 3.16. The van der Waals surface area contributed by atoms with Crippen LogP contribution in [-0.4, -0.2) is 39.8 Å². The van der Waals surface area contributed by atoms with Gasteiger partial charge in [-0.15, -0.1) is 10.2 Å². The zero-order valence-electron chi connectivity index (χ0n) is 17.3. The highest BCUT2D eigenvalue weighted by molar-refractivity contribution is 7.15. The van der Waals surface area contributed by atoms with Gasteiger partial charge in [0, 0.05) is 12.1 Å². The first-order chi connectivity index (χ1) is 15.9. The molecule has 13 heteroatoms. The van der Waals surface area contributed by atoms with Crippen molar-refractivity contribution in [1.29, 1.82) is 0 Å². The number of esters is 1. The van der Waals surface area contributed by atoms with Crippen LogP contribution in [0.5, 0.6) is 11.5 Å². The lowest BCUT2D eigenvalue weighted by molar-refractivity contribution is -0.384. The van der Waals surface area contributed by atoms with Crippen LogP contribution in [0.15, 0.2) is 47.6 Å². The summed E-state index contributed by atoms with van der Waals surface area (Å²) in [5.41, 5.74) is 8.21. The van der Waals surface area contributed by atoms with Gasteiger partial charge in [0.25, 0.3) is 5.69 Å². The van der Waals surface area contributed by atoms with E-state index in [-0.39, 0.29) is 34.3 Å². The highest BCUT2D eigenvalue weighted by Gasteiger charge is 2.16. The van der Waals surface area contributed by atoms with Gasteiger partial charge < -0.3 is 15.2 Å². The van der Waals surface area contributed by atoms with E-state index >= 15 is 0 Å². The number of benzene rings is 2. The first-order valence-electron chi connectivity index (χ1n) is 9.49. The number of anilines is 1. The van der Waals surface area contributed by atoms with Crippen LogP contribution in [0.3, 0.4) is 0 Å². The molecule has 0 aliphatic rings. The normalized spacial score (nSPS) is 10.7. The molecular weight excluding hydrogens is 452 g/mol. The summed E-state index contributed by atoms with van der Waals surface area (Å²) in [6.45, 7) is 2.05. The Balaban J connectivity index is 1.67. The van der Waals surface area contributed by atoms with Crippen LogP contribution in [0.4, 0.5) is 10.8 Å². The predicted molar refractivity (Wildman–Crippen MR) is 119 cm³/mol. The molecule has 33 heavy (non-hydrogen) atoms. The summed E-state index contributed by atoms with van der Waals surface area (Å²) in [5.74, 6) is -0.778. The quantitative estimate of drug-likeness (QED) is 0.156. The van der Waals surface area contributed by atoms with Crippen molar-refractivity contribution >= 4 is 40.2 Å². The number of nitrogens with one attached hydrogen (secondary N) is 1. The van der Waals surface area contributed by atoms with E-state index in [1.54, 1.807) is 19.1 Å². The highest BCUT2D eigenvalue weighted by Crippen LogP contribution is 2.29. The van der Waals surface area contributed by atoms with Gasteiger partial charge in [0.05, 0.1) is 29.7 Å². The lowest BCUT2D eigenvalue weighted by atomic mass is 10.2. The largest absolute Gasteiger partial charge is 0.490 e. The number of nitrogens with zero attached hydrogens (tertiary/aromatic N) is 4. The number of amides is 1. The number of nitrogens with two attached hydrogens (primary N) is 1. The maximum absolute atomic E-state index is 12.4. The van der Waals surface area contributed by atoms with E-state index in [1.807, 2.05) is 0 Å². The second kappa shape index (κ2) is 10.8. The lowest BCUT2D eigenvalue weighted by Crippen LogP contribution is -2.19. The second-order valence-electron chi connectivity index (χ2n) is 6.34. The molecule has 0 radical (unpaired) electrons. The molecule has 1 heterocycles. The molecule has 0 spiro atoms. The van der Waals surface area contributed by atoms with Gasteiger partial charge >= 0.3 is 5.97 Å². The fourth-order valence-electron chi connectivity index (χ4n) is 2.56. The molecule has 0 saturated heterocycles. The van der Waals surface area contributed by atoms with Crippen molar-refractivity contribution < 1.29 is 24.0 Å². The van der Waals surface area contributed by atoms with Gasteiger partial charge in [-0.2, -0.15) is 5.10 Å². The number of hydrogen-bond acceptors (Lipinski definition) is 11. The number of ether oxygens (including phenoxy) is 2. The molecule has 1 amide bonds. The molecule has 0 aliphatic carbocycles. The fraction of sp³-hybridized carbons (Fsp3) is 0.150. The average Bonchev–Trinajstić information content (AvgIpc) is 3.20. The Morgan fingerprint density at radius 1 is 1.24 bits per heavy atom. The molecule has 3 N–H and O–H groups in total. The van der Waals surface area contributed by atoms with Crippen LogP contribution in [0.2, 0.25) is 0 Å². The third-order valence-electron chi connectivity index (χ3n) is 3.96. The van der Waals surface area contributed by atoms with Crippen LogP contribution in [0.1, 0.15) is 27.9 Å². The zero-order valence-corrected chi connectivity index (χ0v) is 18.1. The molecule has 12 nitrogen and oxygen atoms in total. The number of rotatable bonds is 9. The van der Waals surface area contributed by atoms with Gasteiger partial charge in [0.2, 0.25) is 11.0 Å². The number of hydrogen-bond donors (Lipinski definition) is 2. The first-order valence-corrected chi connectivity index (χ1v) is 10.3. The van der Waals surface area contributed by atoms with Crippen LogP contribution in [-0.2, 0) is 11.2 Å². The molecule has 170 valence electrons. The van der Waals surface area contributed by atoms with Crippen molar-refractivity contribution in [2.75, 3.05) is 12.3 Å². The SMILES string of the molecule is CCOc1cc(/C=N/NC(=O)Cc2nnc(N)s2)ccc1OC(=O)c1cccc([N+](=O)[O-])c1. The summed E-state index contributed by atoms with van der Waals surface area (Å²) in [5, 5.41) is 22.9. The smallest absolute Gasteiger partial charge is 0.343 e. The molecule has 2 aromatic carbocycles. The number of carbonyl (C=O) groups is 2.